The second-order valence-corrected chi connectivity index (χ2v) is 6.97. The van der Waals surface area contributed by atoms with Gasteiger partial charge in [0.2, 0.25) is 5.91 Å². The number of piperidine rings is 1. The van der Waals surface area contributed by atoms with Crippen molar-refractivity contribution >= 4 is 34.8 Å². The highest BCUT2D eigenvalue weighted by Crippen LogP contribution is 2.25. The standard InChI is InChI=1S/C19H20Cl2N2O/c20-17-7-6-14(12-18(17)21)13-23-10-8-15(9-11-23)19(24)22-16-4-2-1-3-5-16/h1-7,12,15H,8-11,13H2,(H,22,24). The summed E-state index contributed by atoms with van der Waals surface area (Å²) in [7, 11) is 0. The maximum absolute atomic E-state index is 12.4. The van der Waals surface area contributed by atoms with Crippen molar-refractivity contribution in [1.29, 1.82) is 0 Å². The fourth-order valence-electron chi connectivity index (χ4n) is 3.02. The van der Waals surface area contributed by atoms with E-state index >= 15 is 0 Å². The Kier molecular flexibility index (Phi) is 5.77. The molecule has 0 aromatic heterocycles. The Balaban J connectivity index is 1.50. The van der Waals surface area contributed by atoms with E-state index in [1.54, 1.807) is 0 Å². The Morgan fingerprint density at radius 1 is 1.04 bits per heavy atom. The number of nitrogens with one attached hydrogen (secondary N) is 1. The summed E-state index contributed by atoms with van der Waals surface area (Å²) in [6, 6.07) is 15.4. The monoisotopic (exact) mass is 362 g/mol. The summed E-state index contributed by atoms with van der Waals surface area (Å²) in [4.78, 5) is 14.7. The van der Waals surface area contributed by atoms with Crippen LogP contribution in [0.15, 0.2) is 48.5 Å². The lowest BCUT2D eigenvalue weighted by molar-refractivity contribution is -0.121. The van der Waals surface area contributed by atoms with Crippen LogP contribution < -0.4 is 5.32 Å². The summed E-state index contributed by atoms with van der Waals surface area (Å²) in [6.07, 6.45) is 1.75. The van der Waals surface area contributed by atoms with Gasteiger partial charge in [-0.05, 0) is 55.8 Å². The molecule has 1 amide bonds. The average molecular weight is 363 g/mol. The predicted octanol–water partition coefficient (Wildman–Crippen LogP) is 4.84. The van der Waals surface area contributed by atoms with Crippen molar-refractivity contribution in [3.05, 3.63) is 64.1 Å². The Labute approximate surface area is 152 Å². The van der Waals surface area contributed by atoms with E-state index < -0.39 is 0 Å². The molecule has 0 unspecified atom stereocenters. The van der Waals surface area contributed by atoms with Crippen molar-refractivity contribution in [2.45, 2.75) is 19.4 Å². The number of rotatable bonds is 4. The minimum Gasteiger partial charge on any atom is -0.326 e. The molecule has 1 aliphatic rings. The first-order valence-electron chi connectivity index (χ1n) is 8.14. The molecule has 0 saturated carbocycles. The van der Waals surface area contributed by atoms with E-state index in [1.807, 2.05) is 48.5 Å². The summed E-state index contributed by atoms with van der Waals surface area (Å²) in [6.45, 7) is 2.66. The third-order valence-corrected chi connectivity index (χ3v) is 5.13. The number of benzene rings is 2. The summed E-state index contributed by atoms with van der Waals surface area (Å²) in [5.74, 6) is 0.200. The van der Waals surface area contributed by atoms with Crippen LogP contribution in [0, 0.1) is 5.92 Å². The highest BCUT2D eigenvalue weighted by Gasteiger charge is 2.25. The minimum atomic E-state index is 0.0789. The molecule has 1 N–H and O–H groups in total. The van der Waals surface area contributed by atoms with E-state index in [-0.39, 0.29) is 11.8 Å². The number of anilines is 1. The Morgan fingerprint density at radius 3 is 2.42 bits per heavy atom. The van der Waals surface area contributed by atoms with E-state index in [0.29, 0.717) is 10.0 Å². The normalized spacial score (nSPS) is 16.1. The van der Waals surface area contributed by atoms with E-state index in [4.69, 9.17) is 23.2 Å². The van der Waals surface area contributed by atoms with Gasteiger partial charge in [-0.25, -0.2) is 0 Å². The maximum atomic E-state index is 12.4. The molecule has 1 heterocycles. The SMILES string of the molecule is O=C(Nc1ccccc1)C1CCN(Cc2ccc(Cl)c(Cl)c2)CC1. The van der Waals surface area contributed by atoms with Gasteiger partial charge in [-0.15, -0.1) is 0 Å². The fourth-order valence-corrected chi connectivity index (χ4v) is 3.34. The Hall–Kier alpha value is -1.55. The molecule has 2 aromatic carbocycles. The summed E-state index contributed by atoms with van der Waals surface area (Å²) >= 11 is 12.0. The van der Waals surface area contributed by atoms with E-state index in [1.165, 1.54) is 0 Å². The number of hydrogen-bond donors (Lipinski definition) is 1. The highest BCUT2D eigenvalue weighted by molar-refractivity contribution is 6.42. The summed E-state index contributed by atoms with van der Waals surface area (Å²) in [5, 5.41) is 4.17. The van der Waals surface area contributed by atoms with Gasteiger partial charge < -0.3 is 5.32 Å². The molecule has 1 fully saturated rings. The quantitative estimate of drug-likeness (QED) is 0.843. The molecule has 0 bridgehead atoms. The van der Waals surface area contributed by atoms with Crippen LogP contribution in [0.1, 0.15) is 18.4 Å². The molecule has 0 spiro atoms. The average Bonchev–Trinajstić information content (AvgIpc) is 2.60. The predicted molar refractivity (Wildman–Crippen MR) is 99.5 cm³/mol. The van der Waals surface area contributed by atoms with Crippen LogP contribution in [0.5, 0.6) is 0 Å². The van der Waals surface area contributed by atoms with Crippen molar-refractivity contribution in [3.63, 3.8) is 0 Å². The number of amides is 1. The van der Waals surface area contributed by atoms with E-state index in [0.717, 1.165) is 43.7 Å². The number of nitrogens with zero attached hydrogens (tertiary/aromatic N) is 1. The molecule has 126 valence electrons. The summed E-state index contributed by atoms with van der Waals surface area (Å²) in [5.41, 5.74) is 2.01. The van der Waals surface area contributed by atoms with E-state index in [2.05, 4.69) is 10.2 Å². The zero-order valence-corrected chi connectivity index (χ0v) is 14.9. The molecule has 3 nitrogen and oxygen atoms in total. The van der Waals surface area contributed by atoms with Crippen molar-refractivity contribution in [3.8, 4) is 0 Å². The molecule has 0 atom stereocenters. The third kappa shape index (κ3) is 4.50. The molecule has 24 heavy (non-hydrogen) atoms. The van der Waals surface area contributed by atoms with Gasteiger partial charge >= 0.3 is 0 Å². The van der Waals surface area contributed by atoms with Gasteiger partial charge in [0.25, 0.3) is 0 Å². The molecule has 1 saturated heterocycles. The minimum absolute atomic E-state index is 0.0789. The van der Waals surface area contributed by atoms with Crippen LogP contribution in [-0.2, 0) is 11.3 Å². The van der Waals surface area contributed by atoms with Crippen LogP contribution in [0.4, 0.5) is 5.69 Å². The number of hydrogen-bond acceptors (Lipinski definition) is 2. The van der Waals surface area contributed by atoms with Gasteiger partial charge in [0.05, 0.1) is 10.0 Å². The lowest BCUT2D eigenvalue weighted by Gasteiger charge is -2.31. The molecule has 5 heteroatoms. The molecular formula is C19H20Cl2N2O. The first kappa shape index (κ1) is 17.3. The molecule has 1 aliphatic heterocycles. The van der Waals surface area contributed by atoms with Crippen molar-refractivity contribution in [1.82, 2.24) is 4.90 Å². The van der Waals surface area contributed by atoms with Gasteiger partial charge in [-0.3, -0.25) is 9.69 Å². The summed E-state index contributed by atoms with van der Waals surface area (Å²) < 4.78 is 0. The van der Waals surface area contributed by atoms with Crippen molar-refractivity contribution in [2.75, 3.05) is 18.4 Å². The largest absolute Gasteiger partial charge is 0.326 e. The second kappa shape index (κ2) is 8.02. The van der Waals surface area contributed by atoms with Gasteiger partial charge in [-0.2, -0.15) is 0 Å². The number of likely N-dealkylation sites (tertiary alicyclic amines) is 1. The van der Waals surface area contributed by atoms with Gasteiger partial charge in [0.15, 0.2) is 0 Å². The topological polar surface area (TPSA) is 32.3 Å². The second-order valence-electron chi connectivity index (χ2n) is 6.15. The zero-order valence-electron chi connectivity index (χ0n) is 13.3. The lowest BCUT2D eigenvalue weighted by Crippen LogP contribution is -2.37. The first-order valence-corrected chi connectivity index (χ1v) is 8.89. The van der Waals surface area contributed by atoms with Crippen molar-refractivity contribution in [2.24, 2.45) is 5.92 Å². The van der Waals surface area contributed by atoms with Crippen LogP contribution in [0.3, 0.4) is 0 Å². The third-order valence-electron chi connectivity index (χ3n) is 4.39. The Bertz CT molecular complexity index is 698. The molecule has 0 radical (unpaired) electrons. The smallest absolute Gasteiger partial charge is 0.227 e. The fraction of sp³-hybridized carbons (Fsp3) is 0.316. The highest BCUT2D eigenvalue weighted by atomic mass is 35.5. The molecule has 3 rings (SSSR count). The van der Waals surface area contributed by atoms with Crippen LogP contribution in [0.2, 0.25) is 10.0 Å². The number of carbonyl (C=O) groups excluding carboxylic acids is 1. The zero-order chi connectivity index (χ0) is 16.9. The van der Waals surface area contributed by atoms with Gasteiger partial charge in [0, 0.05) is 18.2 Å². The molecular weight excluding hydrogens is 343 g/mol. The van der Waals surface area contributed by atoms with Gasteiger partial charge in [0.1, 0.15) is 0 Å². The van der Waals surface area contributed by atoms with Crippen molar-refractivity contribution < 1.29 is 4.79 Å². The van der Waals surface area contributed by atoms with E-state index in [9.17, 15) is 4.79 Å². The maximum Gasteiger partial charge on any atom is 0.227 e. The van der Waals surface area contributed by atoms with Crippen LogP contribution >= 0.6 is 23.2 Å². The van der Waals surface area contributed by atoms with Gasteiger partial charge in [-0.1, -0.05) is 47.5 Å². The number of para-hydroxylation sites is 1. The van der Waals surface area contributed by atoms with Crippen LogP contribution in [-0.4, -0.2) is 23.9 Å². The number of halogens is 2. The lowest BCUT2D eigenvalue weighted by atomic mass is 9.95. The molecule has 2 aromatic rings. The Morgan fingerprint density at radius 2 is 1.75 bits per heavy atom. The number of carbonyl (C=O) groups is 1. The first-order chi connectivity index (χ1) is 11.6. The van der Waals surface area contributed by atoms with Crippen LogP contribution in [0.25, 0.3) is 0 Å². The molecule has 0 aliphatic carbocycles.